The summed E-state index contributed by atoms with van der Waals surface area (Å²) >= 11 is 0. The quantitative estimate of drug-likeness (QED) is 0.639. The summed E-state index contributed by atoms with van der Waals surface area (Å²) in [7, 11) is 0. The first-order chi connectivity index (χ1) is 8.75. The summed E-state index contributed by atoms with van der Waals surface area (Å²) in [4.78, 5) is 11.6. The number of aromatic hydroxyl groups is 1. The van der Waals surface area contributed by atoms with Crippen LogP contribution in [0.3, 0.4) is 0 Å². The monoisotopic (exact) mass is 239 g/mol. The van der Waals surface area contributed by atoms with E-state index in [1.165, 1.54) is 12.1 Å². The van der Waals surface area contributed by atoms with E-state index in [1.807, 2.05) is 30.3 Å². The number of amides is 1. The lowest BCUT2D eigenvalue weighted by Crippen LogP contribution is -2.07. The molecule has 0 aliphatic rings. The van der Waals surface area contributed by atoms with Gasteiger partial charge < -0.3 is 10.4 Å². The Kier molecular flexibility index (Phi) is 3.76. The minimum Gasteiger partial charge on any atom is -0.506 e. The van der Waals surface area contributed by atoms with Gasteiger partial charge in [0.2, 0.25) is 5.91 Å². The average molecular weight is 239 g/mol. The summed E-state index contributed by atoms with van der Waals surface area (Å²) in [5, 5.41) is 12.1. The largest absolute Gasteiger partial charge is 0.506 e. The van der Waals surface area contributed by atoms with Crippen molar-refractivity contribution in [3.63, 3.8) is 0 Å². The molecule has 0 fully saturated rings. The number of nitrogens with one attached hydrogen (secondary N) is 1. The van der Waals surface area contributed by atoms with Gasteiger partial charge in [0.05, 0.1) is 5.69 Å². The molecule has 3 nitrogen and oxygen atoms in total. The summed E-state index contributed by atoms with van der Waals surface area (Å²) < 4.78 is 0. The molecule has 0 aliphatic carbocycles. The third kappa shape index (κ3) is 3.22. The van der Waals surface area contributed by atoms with Gasteiger partial charge in [0.25, 0.3) is 0 Å². The molecule has 0 saturated heterocycles. The summed E-state index contributed by atoms with van der Waals surface area (Å²) in [6.07, 6.45) is 3.15. The van der Waals surface area contributed by atoms with E-state index in [1.54, 1.807) is 24.3 Å². The maximum Gasteiger partial charge on any atom is 0.248 e. The first kappa shape index (κ1) is 11.9. The Bertz CT molecular complexity index is 562. The van der Waals surface area contributed by atoms with Crippen molar-refractivity contribution in [3.05, 3.63) is 66.2 Å². The first-order valence-electron chi connectivity index (χ1n) is 5.58. The van der Waals surface area contributed by atoms with Crippen LogP contribution in [0.1, 0.15) is 5.56 Å². The predicted molar refractivity (Wildman–Crippen MR) is 72.2 cm³/mol. The maximum absolute atomic E-state index is 11.6. The molecule has 2 rings (SSSR count). The van der Waals surface area contributed by atoms with Gasteiger partial charge in [-0.1, -0.05) is 42.5 Å². The molecule has 0 radical (unpaired) electrons. The van der Waals surface area contributed by atoms with E-state index in [4.69, 9.17) is 0 Å². The van der Waals surface area contributed by atoms with Gasteiger partial charge in [0.1, 0.15) is 5.75 Å². The Morgan fingerprint density at radius 2 is 1.67 bits per heavy atom. The average Bonchev–Trinajstić information content (AvgIpc) is 2.40. The van der Waals surface area contributed by atoms with Gasteiger partial charge in [-0.15, -0.1) is 0 Å². The van der Waals surface area contributed by atoms with Crippen LogP contribution in [0.4, 0.5) is 5.69 Å². The molecule has 0 bridgehead atoms. The molecular weight excluding hydrogens is 226 g/mol. The highest BCUT2D eigenvalue weighted by molar-refractivity contribution is 6.02. The van der Waals surface area contributed by atoms with E-state index in [2.05, 4.69) is 5.32 Å². The van der Waals surface area contributed by atoms with Crippen LogP contribution in [0.15, 0.2) is 60.7 Å². The number of anilines is 1. The molecule has 2 aromatic carbocycles. The van der Waals surface area contributed by atoms with Gasteiger partial charge in [-0.25, -0.2) is 0 Å². The number of para-hydroxylation sites is 2. The highest BCUT2D eigenvalue weighted by atomic mass is 16.3. The summed E-state index contributed by atoms with van der Waals surface area (Å²) in [6.45, 7) is 0. The van der Waals surface area contributed by atoms with Crippen molar-refractivity contribution in [2.24, 2.45) is 0 Å². The van der Waals surface area contributed by atoms with Crippen LogP contribution >= 0.6 is 0 Å². The Balaban J connectivity index is 2.02. The van der Waals surface area contributed by atoms with Crippen molar-refractivity contribution in [1.82, 2.24) is 0 Å². The van der Waals surface area contributed by atoms with Crippen LogP contribution in [-0.4, -0.2) is 11.0 Å². The third-order valence-corrected chi connectivity index (χ3v) is 2.39. The molecule has 0 aromatic heterocycles. The highest BCUT2D eigenvalue weighted by Gasteiger charge is 2.01. The highest BCUT2D eigenvalue weighted by Crippen LogP contribution is 2.21. The Hall–Kier alpha value is -2.55. The maximum atomic E-state index is 11.6. The zero-order chi connectivity index (χ0) is 12.8. The zero-order valence-corrected chi connectivity index (χ0v) is 9.71. The van der Waals surface area contributed by atoms with E-state index in [0.717, 1.165) is 5.56 Å². The minimum atomic E-state index is -0.277. The molecule has 18 heavy (non-hydrogen) atoms. The number of rotatable bonds is 3. The standard InChI is InChI=1S/C15H13NO2/c17-14-9-5-4-8-13(14)16-15(18)11-10-12-6-2-1-3-7-12/h1-11,17H,(H,16,18). The lowest BCUT2D eigenvalue weighted by Gasteiger charge is -2.03. The van der Waals surface area contributed by atoms with Crippen LogP contribution in [0, 0.1) is 0 Å². The normalized spacial score (nSPS) is 10.4. The lowest BCUT2D eigenvalue weighted by atomic mass is 10.2. The smallest absolute Gasteiger partial charge is 0.248 e. The summed E-state index contributed by atoms with van der Waals surface area (Å²) in [5.41, 5.74) is 1.35. The van der Waals surface area contributed by atoms with Crippen molar-refractivity contribution < 1.29 is 9.90 Å². The molecule has 0 atom stereocenters. The Labute approximate surface area is 105 Å². The van der Waals surface area contributed by atoms with Gasteiger partial charge in [-0.2, -0.15) is 0 Å². The second-order valence-electron chi connectivity index (χ2n) is 3.75. The van der Waals surface area contributed by atoms with Crippen LogP contribution in [0.5, 0.6) is 5.75 Å². The number of phenols is 1. The molecule has 0 heterocycles. The molecule has 2 N–H and O–H groups in total. The van der Waals surface area contributed by atoms with E-state index in [9.17, 15) is 9.90 Å². The predicted octanol–water partition coefficient (Wildman–Crippen LogP) is 3.04. The van der Waals surface area contributed by atoms with Crippen LogP contribution < -0.4 is 5.32 Å². The fourth-order valence-electron chi connectivity index (χ4n) is 1.49. The summed E-state index contributed by atoms with van der Waals surface area (Å²) in [5.74, 6) is -0.223. The fraction of sp³-hybridized carbons (Fsp3) is 0. The van der Waals surface area contributed by atoms with Crippen molar-refractivity contribution in [2.45, 2.75) is 0 Å². The van der Waals surface area contributed by atoms with E-state index >= 15 is 0 Å². The molecule has 0 aliphatic heterocycles. The van der Waals surface area contributed by atoms with Gasteiger partial charge in [-0.3, -0.25) is 4.79 Å². The number of hydrogen-bond donors (Lipinski definition) is 2. The third-order valence-electron chi connectivity index (χ3n) is 2.39. The summed E-state index contributed by atoms with van der Waals surface area (Å²) in [6, 6.07) is 16.1. The van der Waals surface area contributed by atoms with Crippen molar-refractivity contribution in [2.75, 3.05) is 5.32 Å². The van der Waals surface area contributed by atoms with Gasteiger partial charge >= 0.3 is 0 Å². The van der Waals surface area contributed by atoms with Gasteiger partial charge in [-0.05, 0) is 23.8 Å². The molecule has 0 saturated carbocycles. The zero-order valence-electron chi connectivity index (χ0n) is 9.71. The van der Waals surface area contributed by atoms with Crippen molar-refractivity contribution in [1.29, 1.82) is 0 Å². The van der Waals surface area contributed by atoms with Crippen molar-refractivity contribution >= 4 is 17.7 Å². The van der Waals surface area contributed by atoms with E-state index < -0.39 is 0 Å². The Morgan fingerprint density at radius 1 is 1.00 bits per heavy atom. The minimum absolute atomic E-state index is 0.0546. The van der Waals surface area contributed by atoms with Gasteiger partial charge in [0.15, 0.2) is 0 Å². The van der Waals surface area contributed by atoms with E-state index in [0.29, 0.717) is 5.69 Å². The number of carbonyl (C=O) groups excluding carboxylic acids is 1. The number of carbonyl (C=O) groups is 1. The lowest BCUT2D eigenvalue weighted by molar-refractivity contribution is -0.111. The molecule has 3 heteroatoms. The fourth-order valence-corrected chi connectivity index (χ4v) is 1.49. The Morgan fingerprint density at radius 3 is 2.39 bits per heavy atom. The molecule has 0 unspecified atom stereocenters. The van der Waals surface area contributed by atoms with Crippen molar-refractivity contribution in [3.8, 4) is 5.75 Å². The molecule has 0 spiro atoms. The molecule has 2 aromatic rings. The van der Waals surface area contributed by atoms with Crippen LogP contribution in [0.2, 0.25) is 0 Å². The SMILES string of the molecule is O=C(C=Cc1ccccc1)Nc1ccccc1O. The second-order valence-corrected chi connectivity index (χ2v) is 3.75. The van der Waals surface area contributed by atoms with Gasteiger partial charge in [0, 0.05) is 6.08 Å². The number of hydrogen-bond acceptors (Lipinski definition) is 2. The second kappa shape index (κ2) is 5.68. The van der Waals surface area contributed by atoms with Crippen LogP contribution in [0.25, 0.3) is 6.08 Å². The topological polar surface area (TPSA) is 49.3 Å². The van der Waals surface area contributed by atoms with Crippen LogP contribution in [-0.2, 0) is 4.79 Å². The molecule has 1 amide bonds. The molecule has 90 valence electrons. The first-order valence-corrected chi connectivity index (χ1v) is 5.58. The number of phenolic OH excluding ortho intramolecular Hbond substituents is 1. The van der Waals surface area contributed by atoms with E-state index in [-0.39, 0.29) is 11.7 Å². The number of benzene rings is 2. The molecular formula is C15H13NO2.